The van der Waals surface area contributed by atoms with Crippen LogP contribution in [0.25, 0.3) is 5.57 Å². The average Bonchev–Trinajstić information content (AvgIpc) is 2.91. The Morgan fingerprint density at radius 3 is 2.43 bits per heavy atom. The molecule has 0 aliphatic carbocycles. The summed E-state index contributed by atoms with van der Waals surface area (Å²) in [6, 6.07) is 21.8. The van der Waals surface area contributed by atoms with Crippen LogP contribution in [0.5, 0.6) is 5.75 Å². The van der Waals surface area contributed by atoms with Crippen LogP contribution in [0, 0.1) is 11.3 Å². The fraction of sp³-hybridized carbons (Fsp3) is 0.241. The first-order valence-corrected chi connectivity index (χ1v) is 11.8. The highest BCUT2D eigenvalue weighted by Gasteiger charge is 2.30. The van der Waals surface area contributed by atoms with Crippen LogP contribution in [0.3, 0.4) is 0 Å². The lowest BCUT2D eigenvalue weighted by Crippen LogP contribution is -2.37. The van der Waals surface area contributed by atoms with E-state index in [1.807, 2.05) is 42.5 Å². The SMILES string of the molecule is COc1ccc(C2=C(C(=O)NCc3ccc(C(F)(F)F)cc3)CN(Cc3cccc(C#N)c3)CC2)cc1. The Labute approximate surface area is 213 Å². The molecule has 0 saturated heterocycles. The molecule has 1 amide bonds. The number of hydrogen-bond acceptors (Lipinski definition) is 4. The lowest BCUT2D eigenvalue weighted by atomic mass is 9.92. The monoisotopic (exact) mass is 505 g/mol. The van der Waals surface area contributed by atoms with Crippen LogP contribution in [-0.4, -0.2) is 31.0 Å². The second kappa shape index (κ2) is 11.3. The van der Waals surface area contributed by atoms with Crippen molar-refractivity contribution >= 4 is 11.5 Å². The standard InChI is InChI=1S/C29H26F3N3O2/c1-37-25-11-7-23(8-12-25)26-13-14-35(18-22-4-2-3-21(15-22)16-33)19-27(26)28(36)34-17-20-5-9-24(10-6-20)29(30,31)32/h2-12,15H,13-14,17-19H2,1H3,(H,34,36). The minimum atomic E-state index is -4.40. The average molecular weight is 506 g/mol. The number of carbonyl (C=O) groups excluding carboxylic acids is 1. The van der Waals surface area contributed by atoms with Gasteiger partial charge in [0.25, 0.3) is 0 Å². The van der Waals surface area contributed by atoms with Crippen LogP contribution in [0.4, 0.5) is 13.2 Å². The van der Waals surface area contributed by atoms with E-state index < -0.39 is 11.7 Å². The van der Waals surface area contributed by atoms with Gasteiger partial charge < -0.3 is 10.1 Å². The highest BCUT2D eigenvalue weighted by atomic mass is 19.4. The Balaban J connectivity index is 1.54. The van der Waals surface area contributed by atoms with Gasteiger partial charge in [-0.25, -0.2) is 0 Å². The maximum atomic E-state index is 13.4. The molecule has 0 atom stereocenters. The summed E-state index contributed by atoms with van der Waals surface area (Å²) in [6.45, 7) is 1.83. The fourth-order valence-corrected chi connectivity index (χ4v) is 4.37. The van der Waals surface area contributed by atoms with Crippen LogP contribution >= 0.6 is 0 Å². The van der Waals surface area contributed by atoms with Crippen LogP contribution in [0.2, 0.25) is 0 Å². The van der Waals surface area contributed by atoms with E-state index in [1.165, 1.54) is 12.1 Å². The van der Waals surface area contributed by atoms with Crippen LogP contribution in [0.1, 0.15) is 34.2 Å². The predicted molar refractivity (Wildman–Crippen MR) is 134 cm³/mol. The van der Waals surface area contributed by atoms with Crippen molar-refractivity contribution in [3.8, 4) is 11.8 Å². The van der Waals surface area contributed by atoms with Gasteiger partial charge in [-0.05, 0) is 65.1 Å². The molecule has 1 heterocycles. The van der Waals surface area contributed by atoms with Gasteiger partial charge in [0.15, 0.2) is 0 Å². The third-order valence-electron chi connectivity index (χ3n) is 6.33. The van der Waals surface area contributed by atoms with Gasteiger partial charge in [0.05, 0.1) is 24.3 Å². The number of methoxy groups -OCH3 is 1. The Kier molecular flexibility index (Phi) is 7.95. The number of amides is 1. The molecule has 0 aromatic heterocycles. The number of alkyl halides is 3. The normalized spacial score (nSPS) is 14.2. The van der Waals surface area contributed by atoms with E-state index in [0.29, 0.717) is 42.0 Å². The van der Waals surface area contributed by atoms with E-state index in [4.69, 9.17) is 4.74 Å². The fourth-order valence-electron chi connectivity index (χ4n) is 4.37. The first kappa shape index (κ1) is 26.0. The molecular formula is C29H26F3N3O2. The van der Waals surface area contributed by atoms with E-state index in [0.717, 1.165) is 35.4 Å². The van der Waals surface area contributed by atoms with Crippen molar-refractivity contribution in [3.63, 3.8) is 0 Å². The number of benzene rings is 3. The van der Waals surface area contributed by atoms with Crippen LogP contribution < -0.4 is 10.1 Å². The van der Waals surface area contributed by atoms with Gasteiger partial charge >= 0.3 is 6.18 Å². The summed E-state index contributed by atoms with van der Waals surface area (Å²) >= 11 is 0. The summed E-state index contributed by atoms with van der Waals surface area (Å²) in [5.74, 6) is 0.452. The molecule has 3 aromatic rings. The van der Waals surface area contributed by atoms with Crippen molar-refractivity contribution in [1.29, 1.82) is 5.26 Å². The van der Waals surface area contributed by atoms with Gasteiger partial charge in [-0.1, -0.05) is 36.4 Å². The molecule has 8 heteroatoms. The first-order valence-electron chi connectivity index (χ1n) is 11.8. The summed E-state index contributed by atoms with van der Waals surface area (Å²) in [7, 11) is 1.59. The van der Waals surface area contributed by atoms with Gasteiger partial charge in [-0.2, -0.15) is 18.4 Å². The zero-order valence-corrected chi connectivity index (χ0v) is 20.3. The summed E-state index contributed by atoms with van der Waals surface area (Å²) < 4.78 is 43.8. The number of halogens is 3. The van der Waals surface area contributed by atoms with E-state index >= 15 is 0 Å². The van der Waals surface area contributed by atoms with Gasteiger partial charge in [0.1, 0.15) is 5.75 Å². The quantitative estimate of drug-likeness (QED) is 0.457. The summed E-state index contributed by atoms with van der Waals surface area (Å²) in [6.07, 6.45) is -3.76. The second-order valence-corrected chi connectivity index (χ2v) is 8.84. The van der Waals surface area contributed by atoms with Crippen LogP contribution in [-0.2, 0) is 24.1 Å². The lowest BCUT2D eigenvalue weighted by Gasteiger charge is -2.31. The Bertz CT molecular complexity index is 1320. The Morgan fingerprint density at radius 2 is 1.78 bits per heavy atom. The van der Waals surface area contributed by atoms with Gasteiger partial charge in [0.2, 0.25) is 5.91 Å². The number of rotatable bonds is 7. The number of nitrogens with zero attached hydrogens (tertiary/aromatic N) is 2. The molecule has 0 saturated carbocycles. The number of nitriles is 1. The van der Waals surface area contributed by atoms with Crippen LogP contribution in [0.15, 0.2) is 78.4 Å². The molecule has 0 unspecified atom stereocenters. The molecule has 1 aliphatic rings. The number of carbonyl (C=O) groups is 1. The highest BCUT2D eigenvalue weighted by molar-refractivity contribution is 6.02. The third kappa shape index (κ3) is 6.57. The summed E-state index contributed by atoms with van der Waals surface area (Å²) in [4.78, 5) is 15.5. The molecule has 5 nitrogen and oxygen atoms in total. The van der Waals surface area contributed by atoms with Gasteiger partial charge in [0, 0.05) is 31.8 Å². The lowest BCUT2D eigenvalue weighted by molar-refractivity contribution is -0.137. The molecule has 3 aromatic carbocycles. The minimum absolute atomic E-state index is 0.112. The van der Waals surface area contributed by atoms with Crippen molar-refractivity contribution < 1.29 is 22.7 Å². The van der Waals surface area contributed by atoms with E-state index in [-0.39, 0.29) is 12.5 Å². The Hall–Kier alpha value is -4.09. The molecule has 190 valence electrons. The van der Waals surface area contributed by atoms with Crippen molar-refractivity contribution in [3.05, 3.63) is 106 Å². The maximum absolute atomic E-state index is 13.4. The molecule has 1 aliphatic heterocycles. The zero-order chi connectivity index (χ0) is 26.4. The number of hydrogen-bond donors (Lipinski definition) is 1. The highest BCUT2D eigenvalue weighted by Crippen LogP contribution is 2.31. The zero-order valence-electron chi connectivity index (χ0n) is 20.3. The van der Waals surface area contributed by atoms with Gasteiger partial charge in [-0.15, -0.1) is 0 Å². The molecule has 0 radical (unpaired) electrons. The van der Waals surface area contributed by atoms with E-state index in [9.17, 15) is 23.2 Å². The molecule has 0 bridgehead atoms. The molecule has 0 spiro atoms. The maximum Gasteiger partial charge on any atom is 0.416 e. The first-order chi connectivity index (χ1) is 17.8. The van der Waals surface area contributed by atoms with Gasteiger partial charge in [-0.3, -0.25) is 9.69 Å². The molecule has 37 heavy (non-hydrogen) atoms. The summed E-state index contributed by atoms with van der Waals surface area (Å²) in [5.41, 5.74) is 3.88. The molecular weight excluding hydrogens is 479 g/mol. The number of nitrogens with one attached hydrogen (secondary N) is 1. The topological polar surface area (TPSA) is 65.4 Å². The second-order valence-electron chi connectivity index (χ2n) is 8.84. The molecule has 0 fully saturated rings. The Morgan fingerprint density at radius 1 is 1.05 bits per heavy atom. The molecule has 1 N–H and O–H groups in total. The van der Waals surface area contributed by atoms with E-state index in [2.05, 4.69) is 16.3 Å². The van der Waals surface area contributed by atoms with E-state index in [1.54, 1.807) is 13.2 Å². The predicted octanol–water partition coefficient (Wildman–Crippen LogP) is 5.56. The van der Waals surface area contributed by atoms with Crippen molar-refractivity contribution in [1.82, 2.24) is 10.2 Å². The third-order valence-corrected chi connectivity index (χ3v) is 6.33. The number of ether oxygens (including phenoxy) is 1. The van der Waals surface area contributed by atoms with Crippen molar-refractivity contribution in [2.45, 2.75) is 25.7 Å². The summed E-state index contributed by atoms with van der Waals surface area (Å²) in [5, 5.41) is 12.1. The van der Waals surface area contributed by atoms with Crippen molar-refractivity contribution in [2.24, 2.45) is 0 Å². The smallest absolute Gasteiger partial charge is 0.416 e. The van der Waals surface area contributed by atoms with Crippen molar-refractivity contribution in [2.75, 3.05) is 20.2 Å². The largest absolute Gasteiger partial charge is 0.497 e. The molecule has 4 rings (SSSR count). The minimum Gasteiger partial charge on any atom is -0.497 e.